The zero-order valence-corrected chi connectivity index (χ0v) is 8.21. The minimum absolute atomic E-state index is 0.103. The smallest absolute Gasteiger partial charge is 0.419 e. The monoisotopic (exact) mass is 262 g/mol. The minimum atomic E-state index is -5.43. The SMILES string of the molecule is COc1cc(F)c(C(F)(F)F)c(C(F)(F)F)c1. The van der Waals surface area contributed by atoms with Gasteiger partial charge < -0.3 is 4.74 Å². The maximum Gasteiger partial charge on any atom is 0.419 e. The Morgan fingerprint density at radius 1 is 0.941 bits per heavy atom. The summed E-state index contributed by atoms with van der Waals surface area (Å²) >= 11 is 0. The summed E-state index contributed by atoms with van der Waals surface area (Å²) in [6, 6.07) is 0.351. The van der Waals surface area contributed by atoms with Crippen molar-refractivity contribution in [3.63, 3.8) is 0 Å². The van der Waals surface area contributed by atoms with Crippen molar-refractivity contribution in [2.24, 2.45) is 0 Å². The Morgan fingerprint density at radius 3 is 1.82 bits per heavy atom. The van der Waals surface area contributed by atoms with E-state index in [0.29, 0.717) is 0 Å². The standard InChI is InChI=1S/C9H5F7O/c1-17-4-2-5(8(11,12)13)7(6(10)3-4)9(14,15)16/h2-3H,1H3. The Balaban J connectivity index is 3.58. The van der Waals surface area contributed by atoms with Crippen LogP contribution in [0.2, 0.25) is 0 Å². The predicted octanol–water partition coefficient (Wildman–Crippen LogP) is 3.87. The maximum atomic E-state index is 13.0. The molecule has 1 nitrogen and oxygen atoms in total. The van der Waals surface area contributed by atoms with Gasteiger partial charge in [-0.05, 0) is 6.07 Å². The summed E-state index contributed by atoms with van der Waals surface area (Å²) in [7, 11) is 0.919. The Morgan fingerprint density at radius 2 is 1.47 bits per heavy atom. The van der Waals surface area contributed by atoms with Crippen molar-refractivity contribution in [2.75, 3.05) is 7.11 Å². The van der Waals surface area contributed by atoms with Crippen molar-refractivity contribution in [1.29, 1.82) is 0 Å². The van der Waals surface area contributed by atoms with Crippen molar-refractivity contribution in [1.82, 2.24) is 0 Å². The first-order valence-corrected chi connectivity index (χ1v) is 4.09. The fourth-order valence-electron chi connectivity index (χ4n) is 1.21. The summed E-state index contributed by atoms with van der Waals surface area (Å²) in [6.45, 7) is 0. The molecule has 96 valence electrons. The van der Waals surface area contributed by atoms with Gasteiger partial charge in [0.1, 0.15) is 17.1 Å². The molecule has 0 spiro atoms. The number of hydrogen-bond acceptors (Lipinski definition) is 1. The first-order chi connectivity index (χ1) is 7.57. The highest BCUT2D eigenvalue weighted by atomic mass is 19.4. The van der Waals surface area contributed by atoms with E-state index in [-0.39, 0.29) is 12.1 Å². The van der Waals surface area contributed by atoms with Crippen LogP contribution in [0.3, 0.4) is 0 Å². The number of halogens is 7. The topological polar surface area (TPSA) is 9.23 Å². The van der Waals surface area contributed by atoms with E-state index in [0.717, 1.165) is 7.11 Å². The molecule has 0 aromatic heterocycles. The molecule has 17 heavy (non-hydrogen) atoms. The van der Waals surface area contributed by atoms with Gasteiger partial charge in [-0.15, -0.1) is 0 Å². The van der Waals surface area contributed by atoms with Crippen molar-refractivity contribution in [3.05, 3.63) is 29.1 Å². The predicted molar refractivity (Wildman–Crippen MR) is 43.0 cm³/mol. The third-order valence-corrected chi connectivity index (χ3v) is 1.89. The highest BCUT2D eigenvalue weighted by Crippen LogP contribution is 2.43. The molecule has 0 saturated heterocycles. The van der Waals surface area contributed by atoms with Gasteiger partial charge in [-0.1, -0.05) is 0 Å². The molecule has 0 atom stereocenters. The third kappa shape index (κ3) is 2.80. The number of rotatable bonds is 1. The Kier molecular flexibility index (Phi) is 3.26. The molecule has 1 rings (SSSR count). The van der Waals surface area contributed by atoms with Crippen LogP contribution in [0, 0.1) is 5.82 Å². The summed E-state index contributed by atoms with van der Waals surface area (Å²) in [4.78, 5) is 0. The lowest BCUT2D eigenvalue weighted by atomic mass is 10.1. The van der Waals surface area contributed by atoms with E-state index < -0.39 is 35.0 Å². The Bertz CT molecular complexity index is 419. The Hall–Kier alpha value is -1.47. The van der Waals surface area contributed by atoms with Gasteiger partial charge in [-0.25, -0.2) is 4.39 Å². The van der Waals surface area contributed by atoms with Crippen LogP contribution in [0.25, 0.3) is 0 Å². The summed E-state index contributed by atoms with van der Waals surface area (Å²) in [5.41, 5.74) is -4.45. The van der Waals surface area contributed by atoms with Gasteiger partial charge in [0.15, 0.2) is 0 Å². The van der Waals surface area contributed by atoms with Crippen molar-refractivity contribution < 1.29 is 35.5 Å². The summed E-state index contributed by atoms with van der Waals surface area (Å²) in [6.07, 6.45) is -10.7. The van der Waals surface area contributed by atoms with Gasteiger partial charge in [-0.2, -0.15) is 26.3 Å². The molecule has 0 unspecified atom stereocenters. The van der Waals surface area contributed by atoms with Crippen LogP contribution in [0.5, 0.6) is 5.75 Å². The van der Waals surface area contributed by atoms with Gasteiger partial charge in [0.25, 0.3) is 0 Å². The van der Waals surface area contributed by atoms with Crippen molar-refractivity contribution >= 4 is 0 Å². The van der Waals surface area contributed by atoms with E-state index in [9.17, 15) is 30.7 Å². The van der Waals surface area contributed by atoms with E-state index >= 15 is 0 Å². The van der Waals surface area contributed by atoms with Crippen LogP contribution in [0.15, 0.2) is 12.1 Å². The summed E-state index contributed by atoms with van der Waals surface area (Å²) < 4.78 is 91.3. The molecule has 0 aliphatic rings. The molecule has 0 amide bonds. The van der Waals surface area contributed by atoms with E-state index in [1.54, 1.807) is 0 Å². The van der Waals surface area contributed by atoms with Crippen LogP contribution in [0.4, 0.5) is 30.7 Å². The normalized spacial score (nSPS) is 12.7. The lowest BCUT2D eigenvalue weighted by molar-refractivity contribution is -0.164. The zero-order valence-electron chi connectivity index (χ0n) is 8.21. The molecule has 1 aromatic rings. The molecule has 0 radical (unpaired) electrons. The van der Waals surface area contributed by atoms with Gasteiger partial charge in [0, 0.05) is 6.07 Å². The second-order valence-corrected chi connectivity index (χ2v) is 3.03. The number of ether oxygens (including phenoxy) is 1. The van der Waals surface area contributed by atoms with E-state index in [2.05, 4.69) is 4.74 Å². The molecule has 0 fully saturated rings. The third-order valence-electron chi connectivity index (χ3n) is 1.89. The average molecular weight is 262 g/mol. The fraction of sp³-hybridized carbons (Fsp3) is 0.333. The molecular formula is C9H5F7O. The van der Waals surface area contributed by atoms with Gasteiger partial charge >= 0.3 is 12.4 Å². The average Bonchev–Trinajstić information content (AvgIpc) is 2.12. The van der Waals surface area contributed by atoms with Crippen LogP contribution < -0.4 is 4.74 Å². The quantitative estimate of drug-likeness (QED) is 0.698. The number of hydrogen-bond donors (Lipinski definition) is 0. The lowest BCUT2D eigenvalue weighted by Crippen LogP contribution is -2.18. The molecule has 0 aliphatic carbocycles. The number of methoxy groups -OCH3 is 1. The molecule has 0 heterocycles. The lowest BCUT2D eigenvalue weighted by Gasteiger charge is -2.17. The molecular weight excluding hydrogens is 257 g/mol. The molecule has 0 aliphatic heterocycles. The Labute approximate surface area is 90.8 Å². The maximum absolute atomic E-state index is 13.0. The highest BCUT2D eigenvalue weighted by Gasteiger charge is 2.45. The van der Waals surface area contributed by atoms with Crippen LogP contribution in [0.1, 0.15) is 11.1 Å². The van der Waals surface area contributed by atoms with Gasteiger partial charge in [-0.3, -0.25) is 0 Å². The largest absolute Gasteiger partial charge is 0.497 e. The molecule has 8 heteroatoms. The second kappa shape index (κ2) is 4.08. The van der Waals surface area contributed by atoms with E-state index in [1.165, 1.54) is 0 Å². The molecule has 0 saturated carbocycles. The minimum Gasteiger partial charge on any atom is -0.497 e. The van der Waals surface area contributed by atoms with E-state index in [4.69, 9.17) is 0 Å². The number of alkyl halides is 6. The van der Waals surface area contributed by atoms with Crippen LogP contribution >= 0.6 is 0 Å². The van der Waals surface area contributed by atoms with Gasteiger partial charge in [0.2, 0.25) is 0 Å². The number of benzene rings is 1. The second-order valence-electron chi connectivity index (χ2n) is 3.03. The van der Waals surface area contributed by atoms with Gasteiger partial charge in [0.05, 0.1) is 12.7 Å². The molecule has 0 bridgehead atoms. The summed E-state index contributed by atoms with van der Waals surface area (Å²) in [5, 5.41) is 0. The first-order valence-electron chi connectivity index (χ1n) is 4.09. The van der Waals surface area contributed by atoms with Crippen LogP contribution in [-0.4, -0.2) is 7.11 Å². The zero-order chi connectivity index (χ0) is 13.4. The first kappa shape index (κ1) is 13.6. The summed E-state index contributed by atoms with van der Waals surface area (Å²) in [5.74, 6) is -2.66. The molecule has 0 N–H and O–H groups in total. The molecule has 1 aromatic carbocycles. The highest BCUT2D eigenvalue weighted by molar-refractivity contribution is 5.40. The fourth-order valence-corrected chi connectivity index (χ4v) is 1.21. The van der Waals surface area contributed by atoms with E-state index in [1.807, 2.05) is 0 Å². The van der Waals surface area contributed by atoms with Crippen molar-refractivity contribution in [3.8, 4) is 5.75 Å². The van der Waals surface area contributed by atoms with Crippen molar-refractivity contribution in [2.45, 2.75) is 12.4 Å². The van der Waals surface area contributed by atoms with Crippen LogP contribution in [-0.2, 0) is 12.4 Å².